The van der Waals surface area contributed by atoms with Crippen molar-refractivity contribution in [3.63, 3.8) is 0 Å². The minimum absolute atomic E-state index is 0.295. The Balaban J connectivity index is 2.19. The maximum Gasteiger partial charge on any atom is 0.257 e. The second kappa shape index (κ2) is 5.69. The van der Waals surface area contributed by atoms with Crippen molar-refractivity contribution in [1.82, 2.24) is 4.98 Å². The zero-order valence-electron chi connectivity index (χ0n) is 8.95. The number of nitrogens with zero attached hydrogens (tertiary/aromatic N) is 1. The lowest BCUT2D eigenvalue weighted by molar-refractivity contribution is 0.102. The minimum atomic E-state index is -0.295. The number of anilines is 1. The first-order valence-electron chi connectivity index (χ1n) is 4.94. The molecule has 2 aromatic rings. The highest BCUT2D eigenvalue weighted by molar-refractivity contribution is 9.10. The van der Waals surface area contributed by atoms with E-state index in [1.54, 1.807) is 30.3 Å². The number of nitrogens with one attached hydrogen (secondary N) is 1. The molecule has 0 radical (unpaired) electrons. The zero-order chi connectivity index (χ0) is 13.1. The number of aromatic nitrogens is 1. The van der Waals surface area contributed by atoms with Gasteiger partial charge in [-0.3, -0.25) is 4.79 Å². The van der Waals surface area contributed by atoms with Crippen LogP contribution in [-0.4, -0.2) is 10.9 Å². The van der Waals surface area contributed by atoms with Crippen LogP contribution in [0.3, 0.4) is 0 Å². The molecular formula is C12H7BrCl2N2O. The first-order chi connectivity index (χ1) is 8.56. The Bertz CT molecular complexity index is 587. The molecule has 1 aromatic carbocycles. The van der Waals surface area contributed by atoms with Gasteiger partial charge in [0.1, 0.15) is 5.15 Å². The normalized spacial score (nSPS) is 10.2. The molecule has 92 valence electrons. The van der Waals surface area contributed by atoms with Crippen LogP contribution in [0.4, 0.5) is 5.69 Å². The summed E-state index contributed by atoms with van der Waals surface area (Å²) in [5.74, 6) is -0.295. The number of pyridine rings is 1. The molecule has 0 fully saturated rings. The Morgan fingerprint density at radius 3 is 2.61 bits per heavy atom. The molecule has 0 unspecified atom stereocenters. The molecule has 1 heterocycles. The molecule has 18 heavy (non-hydrogen) atoms. The summed E-state index contributed by atoms with van der Waals surface area (Å²) < 4.78 is 0.817. The fourth-order valence-electron chi connectivity index (χ4n) is 1.32. The molecule has 6 heteroatoms. The number of amides is 1. The number of hydrogen-bond donors (Lipinski definition) is 1. The van der Waals surface area contributed by atoms with E-state index in [1.807, 2.05) is 0 Å². The summed E-state index contributed by atoms with van der Waals surface area (Å²) in [6, 6.07) is 8.32. The molecule has 0 aliphatic carbocycles. The van der Waals surface area contributed by atoms with Crippen molar-refractivity contribution in [3.8, 4) is 0 Å². The lowest BCUT2D eigenvalue weighted by Crippen LogP contribution is -2.12. The summed E-state index contributed by atoms with van der Waals surface area (Å²) in [5, 5.41) is 3.43. The van der Waals surface area contributed by atoms with Crippen LogP contribution in [0.2, 0.25) is 10.2 Å². The first kappa shape index (κ1) is 13.3. The number of benzene rings is 1. The summed E-state index contributed by atoms with van der Waals surface area (Å²) in [6.45, 7) is 0. The molecule has 0 atom stereocenters. The number of hydrogen-bond acceptors (Lipinski definition) is 2. The van der Waals surface area contributed by atoms with E-state index in [0.717, 1.165) is 4.47 Å². The second-order valence-corrected chi connectivity index (χ2v) is 5.16. The van der Waals surface area contributed by atoms with Crippen LogP contribution in [0.15, 0.2) is 41.0 Å². The van der Waals surface area contributed by atoms with Gasteiger partial charge in [0.25, 0.3) is 5.91 Å². The van der Waals surface area contributed by atoms with Gasteiger partial charge in [0.05, 0.1) is 22.5 Å². The van der Waals surface area contributed by atoms with E-state index in [1.165, 1.54) is 6.20 Å². The third kappa shape index (κ3) is 3.22. The molecule has 1 amide bonds. The van der Waals surface area contributed by atoms with E-state index in [0.29, 0.717) is 21.4 Å². The minimum Gasteiger partial charge on any atom is -0.321 e. The average molecular weight is 346 g/mol. The summed E-state index contributed by atoms with van der Waals surface area (Å²) in [6.07, 6.45) is 1.48. The Morgan fingerprint density at radius 2 is 2.00 bits per heavy atom. The van der Waals surface area contributed by atoms with Crippen molar-refractivity contribution >= 4 is 50.7 Å². The average Bonchev–Trinajstić information content (AvgIpc) is 2.32. The second-order valence-electron chi connectivity index (χ2n) is 3.45. The van der Waals surface area contributed by atoms with Gasteiger partial charge in [-0.25, -0.2) is 4.98 Å². The van der Waals surface area contributed by atoms with Gasteiger partial charge in [0, 0.05) is 4.47 Å². The van der Waals surface area contributed by atoms with Crippen LogP contribution in [0.25, 0.3) is 0 Å². The van der Waals surface area contributed by atoms with Crippen LogP contribution in [0, 0.1) is 0 Å². The van der Waals surface area contributed by atoms with Crippen LogP contribution < -0.4 is 5.32 Å². The summed E-state index contributed by atoms with van der Waals surface area (Å²) in [4.78, 5) is 15.8. The number of rotatable bonds is 2. The Labute approximate surface area is 122 Å². The quantitative estimate of drug-likeness (QED) is 0.819. The molecule has 0 spiro atoms. The third-order valence-electron chi connectivity index (χ3n) is 2.16. The van der Waals surface area contributed by atoms with E-state index < -0.39 is 0 Å². The third-order valence-corrected chi connectivity index (χ3v) is 3.19. The molecule has 0 bridgehead atoms. The number of halogens is 3. The fraction of sp³-hybridized carbons (Fsp3) is 0. The smallest absolute Gasteiger partial charge is 0.257 e. The highest BCUT2D eigenvalue weighted by atomic mass is 79.9. The SMILES string of the molecule is O=C(Nc1ccc(Cl)nc1)c1ccc(Br)cc1Cl. The maximum absolute atomic E-state index is 12.0. The van der Waals surface area contributed by atoms with Crippen LogP contribution >= 0.6 is 39.1 Å². The molecule has 0 aliphatic heterocycles. The fourth-order valence-corrected chi connectivity index (χ4v) is 2.19. The van der Waals surface area contributed by atoms with E-state index in [2.05, 4.69) is 26.2 Å². The van der Waals surface area contributed by atoms with Gasteiger partial charge in [-0.05, 0) is 30.3 Å². The number of carbonyl (C=O) groups is 1. The maximum atomic E-state index is 12.0. The van der Waals surface area contributed by atoms with Crippen molar-refractivity contribution in [1.29, 1.82) is 0 Å². The van der Waals surface area contributed by atoms with Crippen molar-refractivity contribution in [2.45, 2.75) is 0 Å². The molecule has 2 rings (SSSR count). The number of carbonyl (C=O) groups excluding carboxylic acids is 1. The zero-order valence-corrected chi connectivity index (χ0v) is 12.1. The Hall–Kier alpha value is -1.10. The van der Waals surface area contributed by atoms with Crippen molar-refractivity contribution in [2.75, 3.05) is 5.32 Å². The van der Waals surface area contributed by atoms with Gasteiger partial charge in [0.15, 0.2) is 0 Å². The van der Waals surface area contributed by atoms with Crippen molar-refractivity contribution < 1.29 is 4.79 Å². The highest BCUT2D eigenvalue weighted by Gasteiger charge is 2.10. The lowest BCUT2D eigenvalue weighted by atomic mass is 10.2. The summed E-state index contributed by atoms with van der Waals surface area (Å²) in [5.41, 5.74) is 0.957. The summed E-state index contributed by atoms with van der Waals surface area (Å²) >= 11 is 14.9. The predicted molar refractivity (Wildman–Crippen MR) is 76.4 cm³/mol. The monoisotopic (exact) mass is 344 g/mol. The topological polar surface area (TPSA) is 42.0 Å². The largest absolute Gasteiger partial charge is 0.321 e. The molecule has 1 aromatic heterocycles. The predicted octanol–water partition coefficient (Wildman–Crippen LogP) is 4.40. The van der Waals surface area contributed by atoms with Crippen molar-refractivity contribution in [3.05, 3.63) is 56.7 Å². The Morgan fingerprint density at radius 1 is 1.22 bits per heavy atom. The van der Waals surface area contributed by atoms with Crippen molar-refractivity contribution in [2.24, 2.45) is 0 Å². The molecule has 0 aliphatic rings. The van der Waals surface area contributed by atoms with Gasteiger partial charge in [-0.1, -0.05) is 39.1 Å². The molecule has 0 saturated heterocycles. The van der Waals surface area contributed by atoms with Gasteiger partial charge in [-0.15, -0.1) is 0 Å². The van der Waals surface area contributed by atoms with Gasteiger partial charge < -0.3 is 5.32 Å². The molecule has 1 N–H and O–H groups in total. The standard InChI is InChI=1S/C12H7BrCl2N2O/c13-7-1-3-9(10(14)5-7)12(18)17-8-2-4-11(15)16-6-8/h1-6H,(H,17,18). The van der Waals surface area contributed by atoms with Gasteiger partial charge in [0.2, 0.25) is 0 Å². The van der Waals surface area contributed by atoms with Gasteiger partial charge in [-0.2, -0.15) is 0 Å². The summed E-state index contributed by atoms with van der Waals surface area (Å²) in [7, 11) is 0. The molecule has 3 nitrogen and oxygen atoms in total. The first-order valence-corrected chi connectivity index (χ1v) is 6.49. The van der Waals surface area contributed by atoms with Crippen LogP contribution in [0.5, 0.6) is 0 Å². The van der Waals surface area contributed by atoms with E-state index in [9.17, 15) is 4.79 Å². The van der Waals surface area contributed by atoms with E-state index in [-0.39, 0.29) is 5.91 Å². The van der Waals surface area contributed by atoms with E-state index in [4.69, 9.17) is 23.2 Å². The van der Waals surface area contributed by atoms with Crippen LogP contribution in [-0.2, 0) is 0 Å². The molecular weight excluding hydrogens is 339 g/mol. The van der Waals surface area contributed by atoms with E-state index >= 15 is 0 Å². The highest BCUT2D eigenvalue weighted by Crippen LogP contribution is 2.22. The lowest BCUT2D eigenvalue weighted by Gasteiger charge is -2.06. The Kier molecular flexibility index (Phi) is 4.22. The van der Waals surface area contributed by atoms with Gasteiger partial charge >= 0.3 is 0 Å². The van der Waals surface area contributed by atoms with Crippen LogP contribution in [0.1, 0.15) is 10.4 Å². The molecule has 0 saturated carbocycles.